The van der Waals surface area contributed by atoms with Crippen molar-refractivity contribution in [2.24, 2.45) is 11.8 Å². The molecule has 4 aliphatic carbocycles. The van der Waals surface area contributed by atoms with Gasteiger partial charge in [-0.1, -0.05) is 61.7 Å². The first-order chi connectivity index (χ1) is 24.3. The maximum Gasteiger partial charge on any atom is 0.330 e. The second-order valence-corrected chi connectivity index (χ2v) is 14.1. The van der Waals surface area contributed by atoms with Crippen LogP contribution in [0.4, 0.5) is 0 Å². The zero-order chi connectivity index (χ0) is 35.4. The Morgan fingerprint density at radius 3 is 1.48 bits per heavy atom. The number of esters is 2. The normalized spacial score (nSPS) is 24.8. The van der Waals surface area contributed by atoms with Crippen molar-refractivity contribution in [3.63, 3.8) is 0 Å². The van der Waals surface area contributed by atoms with Crippen molar-refractivity contribution in [3.05, 3.63) is 96.1 Å². The van der Waals surface area contributed by atoms with E-state index in [0.717, 1.165) is 18.6 Å². The highest BCUT2D eigenvalue weighted by Crippen LogP contribution is 2.66. The minimum absolute atomic E-state index is 0.0517. The fourth-order valence-electron chi connectivity index (χ4n) is 8.88. The van der Waals surface area contributed by atoms with Gasteiger partial charge in [-0.3, -0.25) is 0 Å². The van der Waals surface area contributed by atoms with Crippen LogP contribution in [-0.2, 0) is 62.1 Å². The molecule has 0 aromatic heterocycles. The number of aliphatic hydroxyl groups is 2. The molecule has 2 aromatic carbocycles. The Morgan fingerprint density at radius 2 is 1.06 bits per heavy atom. The summed E-state index contributed by atoms with van der Waals surface area (Å²) in [6.07, 6.45) is 7.66. The monoisotopic (exact) mass is 692 g/mol. The number of aliphatic hydroxyl groups excluding tert-OH is 2. The van der Waals surface area contributed by atoms with Crippen LogP contribution >= 0.6 is 0 Å². The molecule has 50 heavy (non-hydrogen) atoms. The van der Waals surface area contributed by atoms with Crippen LogP contribution < -0.4 is 0 Å². The molecule has 2 aromatic rings. The Hall–Kier alpha value is -3.38. The number of rotatable bonds is 22. The first-order valence-electron chi connectivity index (χ1n) is 17.7. The van der Waals surface area contributed by atoms with Gasteiger partial charge in [0.05, 0.1) is 52.9 Å². The van der Waals surface area contributed by atoms with Crippen LogP contribution in [0.5, 0.6) is 0 Å². The molecule has 0 amide bonds. The fraction of sp³-hybridized carbons (Fsp3) is 0.550. The summed E-state index contributed by atoms with van der Waals surface area (Å²) in [7, 11) is 0. The van der Waals surface area contributed by atoms with Gasteiger partial charge >= 0.3 is 11.9 Å². The summed E-state index contributed by atoms with van der Waals surface area (Å²) in [5.74, 6) is 0.289. The number of hydrogen-bond donors (Lipinski definition) is 2. The van der Waals surface area contributed by atoms with E-state index >= 15 is 0 Å². The summed E-state index contributed by atoms with van der Waals surface area (Å²) in [6, 6.07) is 17.3. The lowest BCUT2D eigenvalue weighted by Gasteiger charge is -2.63. The first-order valence-corrected chi connectivity index (χ1v) is 17.7. The summed E-state index contributed by atoms with van der Waals surface area (Å²) < 4.78 is 32.7. The Bertz CT molecular complexity index is 1320. The molecule has 4 fully saturated rings. The minimum atomic E-state index is -0.790. The predicted octanol–water partition coefficient (Wildman–Crippen LogP) is 4.72. The Kier molecular flexibility index (Phi) is 13.8. The highest BCUT2D eigenvalue weighted by molar-refractivity contribution is 5.81. The molecule has 0 aliphatic heterocycles. The lowest BCUT2D eigenvalue weighted by atomic mass is 9.41. The van der Waals surface area contributed by atoms with E-state index in [1.807, 2.05) is 0 Å². The standard InChI is InChI=1S/C40H52O10/c1-3-37(43)49-15-13-45-24-33(41)26-47-22-31-9-5-7-11-35(31)39-18-29-17-30(19-39)21-40(20-29,28-39)36-12-8-6-10-32(36)23-48-27-34(42)25-46-14-16-50-38(44)4-2/h3-12,29-30,33-34,41-42H,1-2,13-28H2. The van der Waals surface area contributed by atoms with Gasteiger partial charge in [0.1, 0.15) is 25.4 Å². The van der Waals surface area contributed by atoms with E-state index in [1.54, 1.807) is 0 Å². The van der Waals surface area contributed by atoms with Crippen LogP contribution in [0.2, 0.25) is 0 Å². The molecule has 0 radical (unpaired) electrons. The van der Waals surface area contributed by atoms with Gasteiger partial charge in [0.25, 0.3) is 0 Å². The van der Waals surface area contributed by atoms with E-state index in [1.165, 1.54) is 54.4 Å². The van der Waals surface area contributed by atoms with Gasteiger partial charge in [-0.25, -0.2) is 9.59 Å². The molecular formula is C40H52O10. The summed E-state index contributed by atoms with van der Waals surface area (Å²) in [5, 5.41) is 20.8. The van der Waals surface area contributed by atoms with Crippen molar-refractivity contribution >= 4 is 11.9 Å². The molecule has 2 N–H and O–H groups in total. The van der Waals surface area contributed by atoms with E-state index in [0.29, 0.717) is 25.0 Å². The van der Waals surface area contributed by atoms with Gasteiger partial charge in [0, 0.05) is 12.2 Å². The average Bonchev–Trinajstić information content (AvgIpc) is 3.11. The summed E-state index contributed by atoms with van der Waals surface area (Å²) in [5.41, 5.74) is 5.17. The number of carbonyl (C=O) groups is 2. The predicted molar refractivity (Wildman–Crippen MR) is 186 cm³/mol. The molecule has 6 rings (SSSR count). The molecular weight excluding hydrogens is 640 g/mol. The lowest BCUT2D eigenvalue weighted by Crippen LogP contribution is -2.56. The minimum Gasteiger partial charge on any atom is -0.460 e. The van der Waals surface area contributed by atoms with E-state index < -0.39 is 24.1 Å². The van der Waals surface area contributed by atoms with Crippen LogP contribution in [0.15, 0.2) is 73.8 Å². The van der Waals surface area contributed by atoms with Crippen molar-refractivity contribution in [1.29, 1.82) is 0 Å². The van der Waals surface area contributed by atoms with E-state index in [-0.39, 0.29) is 63.7 Å². The van der Waals surface area contributed by atoms with E-state index in [9.17, 15) is 19.8 Å². The fourth-order valence-corrected chi connectivity index (χ4v) is 8.88. The largest absolute Gasteiger partial charge is 0.460 e. The third-order valence-electron chi connectivity index (χ3n) is 10.3. The highest BCUT2D eigenvalue weighted by atomic mass is 16.6. The van der Waals surface area contributed by atoms with Crippen LogP contribution in [0.1, 0.15) is 60.8 Å². The smallest absolute Gasteiger partial charge is 0.330 e. The van der Waals surface area contributed by atoms with Crippen molar-refractivity contribution < 1.29 is 48.2 Å². The Balaban J connectivity index is 1.18. The molecule has 10 nitrogen and oxygen atoms in total. The molecule has 0 spiro atoms. The van der Waals surface area contributed by atoms with Gasteiger partial charge < -0.3 is 38.6 Å². The SMILES string of the molecule is C=CC(=O)OCCOCC(O)COCc1ccccc1C12CC3CC(C1)CC(c1ccccc1COCC(O)COCCOC(=O)C=C)(C3)C2. The topological polar surface area (TPSA) is 130 Å². The molecule has 4 bridgehead atoms. The molecule has 0 heterocycles. The molecule has 2 unspecified atom stereocenters. The Morgan fingerprint density at radius 1 is 0.660 bits per heavy atom. The summed E-state index contributed by atoms with van der Waals surface area (Å²) in [6.45, 7) is 8.59. The van der Waals surface area contributed by atoms with Gasteiger partial charge in [0.2, 0.25) is 0 Å². The van der Waals surface area contributed by atoms with Crippen molar-refractivity contribution in [3.8, 4) is 0 Å². The van der Waals surface area contributed by atoms with Crippen LogP contribution in [0, 0.1) is 11.8 Å². The van der Waals surface area contributed by atoms with Gasteiger partial charge in [0.15, 0.2) is 0 Å². The zero-order valence-electron chi connectivity index (χ0n) is 29.0. The molecule has 272 valence electrons. The number of ether oxygens (including phenoxy) is 6. The van der Waals surface area contributed by atoms with Gasteiger partial charge in [-0.05, 0) is 83.4 Å². The number of benzene rings is 2. The second-order valence-electron chi connectivity index (χ2n) is 14.1. The van der Waals surface area contributed by atoms with Crippen LogP contribution in [-0.4, -0.2) is 87.2 Å². The number of hydrogen-bond acceptors (Lipinski definition) is 10. The van der Waals surface area contributed by atoms with Gasteiger partial charge in [-0.2, -0.15) is 0 Å². The Labute approximate surface area is 295 Å². The number of carbonyl (C=O) groups excluding carboxylic acids is 2. The van der Waals surface area contributed by atoms with Crippen molar-refractivity contribution in [2.75, 3.05) is 52.9 Å². The lowest BCUT2D eigenvalue weighted by molar-refractivity contribution is -0.140. The van der Waals surface area contributed by atoms with E-state index in [4.69, 9.17) is 28.4 Å². The van der Waals surface area contributed by atoms with Crippen molar-refractivity contribution in [1.82, 2.24) is 0 Å². The van der Waals surface area contributed by atoms with E-state index in [2.05, 4.69) is 61.7 Å². The maximum absolute atomic E-state index is 11.1. The molecule has 2 atom stereocenters. The first kappa shape index (κ1) is 37.9. The second kappa shape index (κ2) is 18.2. The summed E-state index contributed by atoms with van der Waals surface area (Å²) in [4.78, 5) is 22.3. The average molecular weight is 693 g/mol. The van der Waals surface area contributed by atoms with Crippen LogP contribution in [0.3, 0.4) is 0 Å². The van der Waals surface area contributed by atoms with Crippen LogP contribution in [0.25, 0.3) is 0 Å². The van der Waals surface area contributed by atoms with Crippen molar-refractivity contribution in [2.45, 2.75) is 74.8 Å². The van der Waals surface area contributed by atoms with Gasteiger partial charge in [-0.15, -0.1) is 0 Å². The maximum atomic E-state index is 11.1. The summed E-state index contributed by atoms with van der Waals surface area (Å²) >= 11 is 0. The highest BCUT2D eigenvalue weighted by Gasteiger charge is 2.59. The zero-order valence-corrected chi connectivity index (χ0v) is 29.0. The third kappa shape index (κ3) is 9.90. The molecule has 4 aliphatic rings. The quantitative estimate of drug-likeness (QED) is 0.102. The third-order valence-corrected chi connectivity index (χ3v) is 10.3. The molecule has 4 saturated carbocycles. The molecule has 10 heteroatoms. The molecule has 0 saturated heterocycles.